The quantitative estimate of drug-likeness (QED) is 0.508. The van der Waals surface area contributed by atoms with Gasteiger partial charge in [0.05, 0.1) is 30.9 Å². The van der Waals surface area contributed by atoms with E-state index in [0.29, 0.717) is 0 Å². The van der Waals surface area contributed by atoms with Crippen LogP contribution in [0.25, 0.3) is 0 Å². The summed E-state index contributed by atoms with van der Waals surface area (Å²) in [4.78, 5) is 50.4. The Hall–Kier alpha value is -3.46. The molecule has 1 aliphatic heterocycles. The molecule has 0 spiro atoms. The average molecular weight is 428 g/mol. The number of carbonyl (C=O) groups excluding carboxylic acids is 4. The average Bonchev–Trinajstić information content (AvgIpc) is 3.04. The van der Waals surface area contributed by atoms with Crippen LogP contribution in [0.15, 0.2) is 36.5 Å². The van der Waals surface area contributed by atoms with Crippen molar-refractivity contribution in [2.24, 2.45) is 5.92 Å². The Labute approximate surface area is 179 Å². The topological polar surface area (TPSA) is 113 Å². The molecule has 0 fully saturated rings. The van der Waals surface area contributed by atoms with Crippen LogP contribution in [0, 0.1) is 5.92 Å². The fourth-order valence-electron chi connectivity index (χ4n) is 3.31. The summed E-state index contributed by atoms with van der Waals surface area (Å²) in [5.74, 6) is -3.99. The summed E-state index contributed by atoms with van der Waals surface area (Å²) >= 11 is 0. The molecule has 164 valence electrons. The van der Waals surface area contributed by atoms with Crippen molar-refractivity contribution >= 4 is 29.4 Å². The number of amides is 1. The number of nitrogens with one attached hydrogen (secondary N) is 1. The van der Waals surface area contributed by atoms with E-state index in [4.69, 9.17) is 14.2 Å². The second-order valence-electron chi connectivity index (χ2n) is 6.84. The van der Waals surface area contributed by atoms with Gasteiger partial charge in [0.15, 0.2) is 5.78 Å². The molecule has 0 radical (unpaired) electrons. The van der Waals surface area contributed by atoms with Crippen molar-refractivity contribution in [2.75, 3.05) is 18.5 Å². The van der Waals surface area contributed by atoms with Crippen LogP contribution >= 0.6 is 0 Å². The van der Waals surface area contributed by atoms with E-state index >= 15 is 0 Å². The van der Waals surface area contributed by atoms with Gasteiger partial charge in [-0.2, -0.15) is 0 Å². The van der Waals surface area contributed by atoms with Crippen molar-refractivity contribution < 1.29 is 33.4 Å². The molecule has 2 heterocycles. The summed E-state index contributed by atoms with van der Waals surface area (Å²) in [5, 5.41) is 2.62. The summed E-state index contributed by atoms with van der Waals surface area (Å²) in [7, 11) is 0. The van der Waals surface area contributed by atoms with E-state index in [1.54, 1.807) is 13.8 Å². The summed E-state index contributed by atoms with van der Waals surface area (Å²) in [6, 6.07) is 9.45. The van der Waals surface area contributed by atoms with Gasteiger partial charge in [0.1, 0.15) is 18.5 Å². The Balaban J connectivity index is 1.95. The van der Waals surface area contributed by atoms with E-state index < -0.39 is 29.5 Å². The molecule has 0 saturated heterocycles. The van der Waals surface area contributed by atoms with Gasteiger partial charge in [-0.3, -0.25) is 14.4 Å². The number of Topliss-reactive ketones (excluding diaryl/α,β-unsaturated/α-hetero) is 1. The second-order valence-corrected chi connectivity index (χ2v) is 6.84. The highest BCUT2D eigenvalue weighted by Crippen LogP contribution is 2.31. The molecular formula is C22H24N2O7. The third-order valence-electron chi connectivity index (χ3n) is 4.70. The van der Waals surface area contributed by atoms with Crippen LogP contribution < -0.4 is 5.32 Å². The predicted molar refractivity (Wildman–Crippen MR) is 109 cm³/mol. The molecule has 31 heavy (non-hydrogen) atoms. The molecule has 1 aliphatic rings. The molecule has 1 atom stereocenters. The van der Waals surface area contributed by atoms with Gasteiger partial charge in [-0.1, -0.05) is 30.3 Å². The van der Waals surface area contributed by atoms with Crippen molar-refractivity contribution in [3.8, 4) is 0 Å². The molecule has 9 nitrogen and oxygen atoms in total. The Morgan fingerprint density at radius 3 is 2.48 bits per heavy atom. The van der Waals surface area contributed by atoms with Gasteiger partial charge in [-0.05, 0) is 19.4 Å². The van der Waals surface area contributed by atoms with Gasteiger partial charge in [0.2, 0.25) is 5.91 Å². The number of ether oxygens (including phenoxy) is 3. The Morgan fingerprint density at radius 1 is 1.10 bits per heavy atom. The zero-order chi connectivity index (χ0) is 22.4. The van der Waals surface area contributed by atoms with E-state index in [-0.39, 0.29) is 49.9 Å². The number of aromatic nitrogens is 1. The van der Waals surface area contributed by atoms with Crippen molar-refractivity contribution in [1.82, 2.24) is 4.57 Å². The number of anilines is 1. The Bertz CT molecular complexity index is 981. The Kier molecular flexibility index (Phi) is 7.19. The minimum atomic E-state index is -1.34. The first-order valence-electron chi connectivity index (χ1n) is 9.98. The van der Waals surface area contributed by atoms with Crippen LogP contribution in [0.4, 0.5) is 5.82 Å². The number of carbonyl (C=O) groups is 4. The van der Waals surface area contributed by atoms with E-state index in [9.17, 15) is 19.2 Å². The molecule has 1 unspecified atom stereocenters. The van der Waals surface area contributed by atoms with Gasteiger partial charge >= 0.3 is 11.9 Å². The zero-order valence-electron chi connectivity index (χ0n) is 17.4. The smallest absolute Gasteiger partial charge is 0.340 e. The molecule has 1 aromatic carbocycles. The molecule has 1 aromatic heterocycles. The van der Waals surface area contributed by atoms with E-state index in [2.05, 4.69) is 5.32 Å². The summed E-state index contributed by atoms with van der Waals surface area (Å²) < 4.78 is 17.2. The van der Waals surface area contributed by atoms with Crippen molar-refractivity contribution in [3.05, 3.63) is 53.2 Å². The molecule has 3 rings (SSSR count). The standard InChI is InChI=1S/C22H24N2O7/c1-3-30-21(27)15-10-17(25)23-20-18(19(15)26)16(22(28)31-4-2)11-24(20)13-29-12-14-8-6-5-7-9-14/h5-9,11,15H,3-4,10,12-13H2,1-2H3,(H,23,25). The van der Waals surface area contributed by atoms with Gasteiger partial charge < -0.3 is 24.1 Å². The van der Waals surface area contributed by atoms with Gasteiger partial charge in [-0.25, -0.2) is 4.79 Å². The highest BCUT2D eigenvalue weighted by atomic mass is 16.5. The van der Waals surface area contributed by atoms with Crippen LogP contribution in [0.2, 0.25) is 0 Å². The maximum Gasteiger partial charge on any atom is 0.340 e. The third kappa shape index (κ3) is 5.00. The number of ketones is 1. The lowest BCUT2D eigenvalue weighted by Crippen LogP contribution is -2.28. The number of benzene rings is 1. The molecule has 1 N–H and O–H groups in total. The van der Waals surface area contributed by atoms with Crippen molar-refractivity contribution in [3.63, 3.8) is 0 Å². The first-order valence-corrected chi connectivity index (χ1v) is 9.98. The minimum Gasteiger partial charge on any atom is -0.465 e. The van der Waals surface area contributed by atoms with Crippen molar-refractivity contribution in [2.45, 2.75) is 33.6 Å². The van der Waals surface area contributed by atoms with Gasteiger partial charge in [0, 0.05) is 12.6 Å². The maximum absolute atomic E-state index is 13.2. The lowest BCUT2D eigenvalue weighted by atomic mass is 9.94. The number of fused-ring (bicyclic) bond motifs is 1. The summed E-state index contributed by atoms with van der Waals surface area (Å²) in [6.45, 7) is 3.67. The predicted octanol–water partition coefficient (Wildman–Crippen LogP) is 2.54. The fraction of sp³-hybridized carbons (Fsp3) is 0.364. The molecular weight excluding hydrogens is 404 g/mol. The lowest BCUT2D eigenvalue weighted by molar-refractivity contribution is -0.147. The monoisotopic (exact) mass is 428 g/mol. The zero-order valence-corrected chi connectivity index (χ0v) is 17.4. The van der Waals surface area contributed by atoms with Gasteiger partial charge in [0.25, 0.3) is 0 Å². The number of nitrogens with zero attached hydrogens (tertiary/aromatic N) is 1. The van der Waals surface area contributed by atoms with Gasteiger partial charge in [-0.15, -0.1) is 0 Å². The normalized spacial score (nSPS) is 15.6. The van der Waals surface area contributed by atoms with Crippen LogP contribution in [0.1, 0.15) is 46.5 Å². The molecule has 9 heteroatoms. The number of hydrogen-bond donors (Lipinski definition) is 1. The number of rotatable bonds is 8. The SMILES string of the molecule is CCOC(=O)c1cn(COCc2ccccc2)c2c1C(=O)C(C(=O)OCC)CC(=O)N2. The highest BCUT2D eigenvalue weighted by molar-refractivity contribution is 6.20. The van der Waals surface area contributed by atoms with Crippen LogP contribution in [0.3, 0.4) is 0 Å². The van der Waals surface area contributed by atoms with E-state index in [0.717, 1.165) is 5.56 Å². The highest BCUT2D eigenvalue weighted by Gasteiger charge is 2.40. The molecule has 2 aromatic rings. The number of hydrogen-bond acceptors (Lipinski definition) is 7. The molecule has 0 bridgehead atoms. The summed E-state index contributed by atoms with van der Waals surface area (Å²) in [5.41, 5.74) is 0.821. The third-order valence-corrected chi connectivity index (χ3v) is 4.70. The molecule has 1 amide bonds. The van der Waals surface area contributed by atoms with Crippen molar-refractivity contribution in [1.29, 1.82) is 0 Å². The minimum absolute atomic E-state index is 0.0335. The van der Waals surface area contributed by atoms with E-state index in [1.807, 2.05) is 30.3 Å². The molecule has 0 saturated carbocycles. The summed E-state index contributed by atoms with van der Waals surface area (Å²) in [6.07, 6.45) is 1.01. The molecule has 0 aliphatic carbocycles. The largest absolute Gasteiger partial charge is 0.465 e. The van der Waals surface area contributed by atoms with E-state index in [1.165, 1.54) is 10.8 Å². The lowest BCUT2D eigenvalue weighted by Gasteiger charge is -2.11. The van der Waals surface area contributed by atoms with Crippen LogP contribution in [-0.4, -0.2) is 41.4 Å². The fourth-order valence-corrected chi connectivity index (χ4v) is 3.31. The second kappa shape index (κ2) is 10.0. The number of esters is 2. The van der Waals surface area contributed by atoms with Crippen LogP contribution in [0.5, 0.6) is 0 Å². The maximum atomic E-state index is 13.2. The first kappa shape index (κ1) is 22.2. The first-order chi connectivity index (χ1) is 15.0. The Morgan fingerprint density at radius 2 is 1.81 bits per heavy atom. The van der Waals surface area contributed by atoms with Crippen LogP contribution in [-0.2, 0) is 37.1 Å².